The van der Waals surface area contributed by atoms with E-state index in [1.54, 1.807) is 20.2 Å². The van der Waals surface area contributed by atoms with Gasteiger partial charge in [0.1, 0.15) is 5.75 Å². The Morgan fingerprint density at radius 3 is 2.53 bits per heavy atom. The molecule has 1 atom stereocenters. The zero-order valence-electron chi connectivity index (χ0n) is 18.1. The van der Waals surface area contributed by atoms with E-state index >= 15 is 0 Å². The van der Waals surface area contributed by atoms with E-state index in [0.717, 1.165) is 30.2 Å². The molecule has 1 fully saturated rings. The molecule has 1 aliphatic heterocycles. The molecule has 2 heterocycles. The van der Waals surface area contributed by atoms with Crippen molar-refractivity contribution < 1.29 is 9.53 Å². The smallest absolute Gasteiger partial charge is 0.254 e. The number of benzene rings is 1. The third-order valence-electron chi connectivity index (χ3n) is 5.42. The molecular formula is C22H30N4O3S. The van der Waals surface area contributed by atoms with Crippen molar-refractivity contribution in [2.45, 2.75) is 37.1 Å². The predicted molar refractivity (Wildman–Crippen MR) is 121 cm³/mol. The monoisotopic (exact) mass is 430 g/mol. The molecule has 0 aliphatic carbocycles. The van der Waals surface area contributed by atoms with E-state index in [2.05, 4.69) is 9.88 Å². The second-order valence-electron chi connectivity index (χ2n) is 7.28. The standard InChI is InChI=1S/C22H30N4O3S/c1-5-16-15-20(27)24(3)22(23-16)30-19(6-2)21(28)26-13-11-25(12-14-26)17-9-7-8-10-18(17)29-4/h7-10,15,19H,5-6,11-14H2,1-4H3. The van der Waals surface area contributed by atoms with Crippen LogP contribution in [0.4, 0.5) is 5.69 Å². The van der Waals surface area contributed by atoms with Gasteiger partial charge in [0.05, 0.1) is 18.0 Å². The Bertz CT molecular complexity index is 938. The van der Waals surface area contributed by atoms with Gasteiger partial charge >= 0.3 is 0 Å². The number of carbonyl (C=O) groups excluding carboxylic acids is 1. The van der Waals surface area contributed by atoms with Gasteiger partial charge in [0.15, 0.2) is 5.16 Å². The van der Waals surface area contributed by atoms with E-state index in [1.807, 2.05) is 43.0 Å². The third-order valence-corrected chi connectivity index (χ3v) is 6.82. The molecule has 8 heteroatoms. The Kier molecular flexibility index (Phi) is 7.42. The first kappa shape index (κ1) is 22.2. The minimum absolute atomic E-state index is 0.0860. The molecular weight excluding hydrogens is 400 g/mol. The number of hydrogen-bond acceptors (Lipinski definition) is 6. The van der Waals surface area contributed by atoms with E-state index in [-0.39, 0.29) is 16.7 Å². The molecule has 1 amide bonds. The van der Waals surface area contributed by atoms with Crippen molar-refractivity contribution in [3.63, 3.8) is 0 Å². The molecule has 1 saturated heterocycles. The highest BCUT2D eigenvalue weighted by Crippen LogP contribution is 2.29. The molecule has 0 radical (unpaired) electrons. The first-order chi connectivity index (χ1) is 14.5. The van der Waals surface area contributed by atoms with Crippen molar-refractivity contribution in [1.82, 2.24) is 14.5 Å². The summed E-state index contributed by atoms with van der Waals surface area (Å²) in [5.74, 6) is 0.959. The van der Waals surface area contributed by atoms with Crippen LogP contribution in [0.15, 0.2) is 40.3 Å². The molecule has 0 bridgehead atoms. The number of amides is 1. The van der Waals surface area contributed by atoms with Crippen LogP contribution in [0.2, 0.25) is 0 Å². The Morgan fingerprint density at radius 2 is 1.90 bits per heavy atom. The number of nitrogens with zero attached hydrogens (tertiary/aromatic N) is 4. The third kappa shape index (κ3) is 4.80. The summed E-state index contributed by atoms with van der Waals surface area (Å²) in [4.78, 5) is 34.1. The molecule has 162 valence electrons. The summed E-state index contributed by atoms with van der Waals surface area (Å²) in [5.41, 5.74) is 1.73. The summed E-state index contributed by atoms with van der Waals surface area (Å²) in [6, 6.07) is 9.52. The Balaban J connectivity index is 1.68. The van der Waals surface area contributed by atoms with Gasteiger partial charge < -0.3 is 14.5 Å². The van der Waals surface area contributed by atoms with Gasteiger partial charge in [-0.05, 0) is 25.0 Å². The van der Waals surface area contributed by atoms with Gasteiger partial charge in [-0.15, -0.1) is 0 Å². The van der Waals surface area contributed by atoms with Crippen LogP contribution in [0.5, 0.6) is 5.75 Å². The zero-order valence-corrected chi connectivity index (χ0v) is 18.9. The van der Waals surface area contributed by atoms with Crippen LogP contribution < -0.4 is 15.2 Å². The maximum Gasteiger partial charge on any atom is 0.254 e. The maximum absolute atomic E-state index is 13.2. The molecule has 1 aromatic heterocycles. The number of piperazine rings is 1. The van der Waals surface area contributed by atoms with Crippen LogP contribution in [-0.2, 0) is 18.3 Å². The topological polar surface area (TPSA) is 67.7 Å². The number of anilines is 1. The number of carbonyl (C=O) groups is 1. The SMILES string of the molecule is CCc1cc(=O)n(C)c(SC(CC)C(=O)N2CCN(c3ccccc3OC)CC2)n1. The summed E-state index contributed by atoms with van der Waals surface area (Å²) in [6.07, 6.45) is 1.38. The number of methoxy groups -OCH3 is 1. The van der Waals surface area contributed by atoms with Gasteiger partial charge in [-0.1, -0.05) is 37.7 Å². The zero-order chi connectivity index (χ0) is 21.7. The summed E-state index contributed by atoms with van der Waals surface area (Å²) in [5, 5.41) is 0.347. The first-order valence-corrected chi connectivity index (χ1v) is 11.3. The van der Waals surface area contributed by atoms with E-state index in [0.29, 0.717) is 31.1 Å². The molecule has 0 spiro atoms. The van der Waals surface area contributed by atoms with Crippen molar-refractivity contribution in [3.8, 4) is 5.75 Å². The van der Waals surface area contributed by atoms with Crippen LogP contribution in [0, 0.1) is 0 Å². The Morgan fingerprint density at radius 1 is 1.20 bits per heavy atom. The van der Waals surface area contributed by atoms with Crippen LogP contribution in [0.3, 0.4) is 0 Å². The number of ether oxygens (including phenoxy) is 1. The van der Waals surface area contributed by atoms with E-state index < -0.39 is 0 Å². The van der Waals surface area contributed by atoms with Gasteiger partial charge in [-0.3, -0.25) is 14.2 Å². The fourth-order valence-corrected chi connectivity index (χ4v) is 4.64. The van der Waals surface area contributed by atoms with Crippen molar-refractivity contribution in [2.75, 3.05) is 38.2 Å². The second kappa shape index (κ2) is 10.0. The molecule has 0 N–H and O–H groups in total. The normalized spacial score (nSPS) is 15.2. The minimum atomic E-state index is -0.256. The fraction of sp³-hybridized carbons (Fsp3) is 0.500. The van der Waals surface area contributed by atoms with Crippen LogP contribution in [0.25, 0.3) is 0 Å². The molecule has 1 unspecified atom stereocenters. The van der Waals surface area contributed by atoms with Gasteiger partial charge in [-0.2, -0.15) is 0 Å². The average Bonchev–Trinajstić information content (AvgIpc) is 2.79. The van der Waals surface area contributed by atoms with Crippen molar-refractivity contribution in [3.05, 3.63) is 46.4 Å². The van der Waals surface area contributed by atoms with E-state index in [9.17, 15) is 9.59 Å². The number of hydrogen-bond donors (Lipinski definition) is 0. The van der Waals surface area contributed by atoms with Crippen LogP contribution >= 0.6 is 11.8 Å². The molecule has 3 rings (SSSR count). The van der Waals surface area contributed by atoms with Crippen LogP contribution in [0.1, 0.15) is 26.0 Å². The molecule has 30 heavy (non-hydrogen) atoms. The summed E-state index contributed by atoms with van der Waals surface area (Å²) < 4.78 is 7.00. The van der Waals surface area contributed by atoms with Crippen LogP contribution in [-0.4, -0.2) is 58.9 Å². The van der Waals surface area contributed by atoms with E-state index in [4.69, 9.17) is 4.74 Å². The minimum Gasteiger partial charge on any atom is -0.495 e. The first-order valence-electron chi connectivity index (χ1n) is 10.4. The van der Waals surface area contributed by atoms with Crippen molar-refractivity contribution >= 4 is 23.4 Å². The highest BCUT2D eigenvalue weighted by molar-refractivity contribution is 8.00. The Labute approximate surface area is 182 Å². The number of para-hydroxylation sites is 2. The maximum atomic E-state index is 13.2. The quantitative estimate of drug-likeness (QED) is 0.497. The van der Waals surface area contributed by atoms with Gasteiger partial charge in [0.2, 0.25) is 5.91 Å². The average molecular weight is 431 g/mol. The molecule has 7 nitrogen and oxygen atoms in total. The Hall–Kier alpha value is -2.48. The fourth-order valence-electron chi connectivity index (χ4n) is 3.55. The molecule has 1 aliphatic rings. The van der Waals surface area contributed by atoms with Crippen molar-refractivity contribution in [1.29, 1.82) is 0 Å². The molecule has 0 saturated carbocycles. The van der Waals surface area contributed by atoms with Gasteiger partial charge in [0, 0.05) is 45.0 Å². The number of thioether (sulfide) groups is 1. The van der Waals surface area contributed by atoms with Gasteiger partial charge in [-0.25, -0.2) is 4.98 Å². The summed E-state index contributed by atoms with van der Waals surface area (Å²) in [6.45, 7) is 6.82. The lowest BCUT2D eigenvalue weighted by molar-refractivity contribution is -0.130. The van der Waals surface area contributed by atoms with Gasteiger partial charge in [0.25, 0.3) is 5.56 Å². The second-order valence-corrected chi connectivity index (χ2v) is 8.45. The molecule has 2 aromatic rings. The lowest BCUT2D eigenvalue weighted by atomic mass is 10.2. The number of rotatable bonds is 7. The largest absolute Gasteiger partial charge is 0.495 e. The summed E-state index contributed by atoms with van der Waals surface area (Å²) >= 11 is 1.39. The highest BCUT2D eigenvalue weighted by Gasteiger charge is 2.29. The van der Waals surface area contributed by atoms with Crippen molar-refractivity contribution in [2.24, 2.45) is 7.05 Å². The molecule has 1 aromatic carbocycles. The summed E-state index contributed by atoms with van der Waals surface area (Å²) in [7, 11) is 3.39. The highest BCUT2D eigenvalue weighted by atomic mass is 32.2. The predicted octanol–water partition coefficient (Wildman–Crippen LogP) is 2.57. The number of aryl methyl sites for hydroxylation is 1. The number of aromatic nitrogens is 2. The lowest BCUT2D eigenvalue weighted by Crippen LogP contribution is -2.51. The lowest BCUT2D eigenvalue weighted by Gasteiger charge is -2.37. The van der Waals surface area contributed by atoms with E-state index in [1.165, 1.54) is 16.3 Å².